The number of hydrogen-bond donors (Lipinski definition) is 0. The molecule has 0 unspecified atom stereocenters. The van der Waals surface area contributed by atoms with Gasteiger partial charge in [0.15, 0.2) is 0 Å². The van der Waals surface area contributed by atoms with Gasteiger partial charge in [0.2, 0.25) is 0 Å². The molecule has 11 rings (SSSR count). The fourth-order valence-corrected chi connectivity index (χ4v) is 7.77. The molecule has 0 amide bonds. The van der Waals surface area contributed by atoms with Crippen molar-refractivity contribution in [2.45, 2.75) is 0 Å². The Hall–Kier alpha value is -6.78. The van der Waals surface area contributed by atoms with Gasteiger partial charge in [0.05, 0.1) is 22.9 Å². The summed E-state index contributed by atoms with van der Waals surface area (Å²) in [6, 6.07) is 52.8. The van der Waals surface area contributed by atoms with Crippen molar-refractivity contribution in [3.05, 3.63) is 158 Å². The zero-order valence-electron chi connectivity index (χ0n) is 26.7. The van der Waals surface area contributed by atoms with E-state index in [4.69, 9.17) is 18.8 Å². The summed E-state index contributed by atoms with van der Waals surface area (Å²) in [4.78, 5) is 10.2. The van der Waals surface area contributed by atoms with E-state index in [1.165, 1.54) is 10.8 Å². The molecule has 0 aliphatic carbocycles. The molecule has 0 bridgehead atoms. The number of hydrogen-bond acceptors (Lipinski definition) is 4. The van der Waals surface area contributed by atoms with Gasteiger partial charge in [0.1, 0.15) is 22.3 Å². The molecule has 0 radical (unpaired) electrons. The second kappa shape index (κ2) is 10.4. The van der Waals surface area contributed by atoms with Crippen LogP contribution in [0.25, 0.3) is 110 Å². The smallest absolute Gasteiger partial charge is 0.143 e. The Morgan fingerprint density at radius 3 is 1.52 bits per heavy atom. The second-order valence-corrected chi connectivity index (χ2v) is 12.9. The first-order chi connectivity index (χ1) is 24.8. The third kappa shape index (κ3) is 3.93. The molecular formula is C46H26N2O2. The molecule has 0 saturated heterocycles. The Balaban J connectivity index is 1.06. The van der Waals surface area contributed by atoms with Crippen molar-refractivity contribution in [3.63, 3.8) is 0 Å². The first-order valence-corrected chi connectivity index (χ1v) is 16.8. The zero-order chi connectivity index (χ0) is 32.8. The highest BCUT2D eigenvalue weighted by Gasteiger charge is 2.18. The van der Waals surface area contributed by atoms with E-state index in [1.807, 2.05) is 12.3 Å². The van der Waals surface area contributed by atoms with Crippen LogP contribution in [0.5, 0.6) is 0 Å². The van der Waals surface area contributed by atoms with Crippen molar-refractivity contribution < 1.29 is 8.83 Å². The van der Waals surface area contributed by atoms with Gasteiger partial charge in [-0.05, 0) is 40.1 Å². The number of fused-ring (bicyclic) bond motifs is 12. The maximum Gasteiger partial charge on any atom is 0.143 e. The summed E-state index contributed by atoms with van der Waals surface area (Å²) < 4.78 is 13.3. The Bertz CT molecular complexity index is 3120. The average molecular weight is 639 g/mol. The second-order valence-electron chi connectivity index (χ2n) is 12.9. The Morgan fingerprint density at radius 2 is 0.860 bits per heavy atom. The first kappa shape index (κ1) is 27.2. The van der Waals surface area contributed by atoms with Crippen LogP contribution in [0.15, 0.2) is 167 Å². The van der Waals surface area contributed by atoms with Gasteiger partial charge < -0.3 is 8.83 Å². The maximum absolute atomic E-state index is 6.70. The molecular weight excluding hydrogens is 613 g/mol. The summed E-state index contributed by atoms with van der Waals surface area (Å²) in [5.74, 6) is 0. The van der Waals surface area contributed by atoms with Crippen molar-refractivity contribution in [2.75, 3.05) is 0 Å². The lowest BCUT2D eigenvalue weighted by Gasteiger charge is -2.11. The Morgan fingerprint density at radius 1 is 0.360 bits per heavy atom. The minimum Gasteiger partial charge on any atom is -0.455 e. The maximum atomic E-state index is 6.70. The summed E-state index contributed by atoms with van der Waals surface area (Å²) in [6.45, 7) is 0. The van der Waals surface area contributed by atoms with Gasteiger partial charge in [-0.25, -0.2) is 4.98 Å². The molecule has 50 heavy (non-hydrogen) atoms. The number of rotatable bonds is 3. The number of para-hydroxylation sites is 2. The van der Waals surface area contributed by atoms with Crippen LogP contribution in [0.2, 0.25) is 0 Å². The number of benzene rings is 8. The van der Waals surface area contributed by atoms with Gasteiger partial charge in [0.25, 0.3) is 0 Å². The number of furan rings is 2. The van der Waals surface area contributed by atoms with Crippen molar-refractivity contribution in [1.29, 1.82) is 0 Å². The van der Waals surface area contributed by atoms with E-state index in [1.54, 1.807) is 0 Å². The van der Waals surface area contributed by atoms with Crippen LogP contribution >= 0.6 is 0 Å². The van der Waals surface area contributed by atoms with Gasteiger partial charge in [-0.3, -0.25) is 4.98 Å². The summed E-state index contributed by atoms with van der Waals surface area (Å²) in [5.41, 5.74) is 11.4. The van der Waals surface area contributed by atoms with E-state index in [-0.39, 0.29) is 0 Å². The van der Waals surface area contributed by atoms with Crippen LogP contribution in [0.1, 0.15) is 0 Å². The SMILES string of the molecule is c1ccc(-c2cccc3c2oc2cc4c(cc23)oc2c(-c3cccc(-c5cnc6c7ccccc7c7ccccc7c6n5)c3)cccc24)cc1. The molecule has 4 heteroatoms. The van der Waals surface area contributed by atoms with Crippen molar-refractivity contribution >= 4 is 76.5 Å². The topological polar surface area (TPSA) is 52.1 Å². The normalized spacial score (nSPS) is 12.0. The molecule has 3 aromatic heterocycles. The van der Waals surface area contributed by atoms with Crippen molar-refractivity contribution in [3.8, 4) is 33.5 Å². The summed E-state index contributed by atoms with van der Waals surface area (Å²) in [6.07, 6.45) is 1.90. The Labute approximate surface area is 285 Å². The standard InChI is InChI=1S/C46H26N2O2/c1-2-11-27(12-3-1)30-19-9-21-36-38-24-42-39(25-41(38)49-45(30)36)37-22-10-20-31(46(37)50-42)28-13-8-14-29(23-28)40-26-47-43-34-17-6-4-15-32(34)33-16-5-7-18-35(33)44(43)48-40/h1-26H. The minimum atomic E-state index is 0.832. The highest BCUT2D eigenvalue weighted by molar-refractivity contribution is 6.23. The zero-order valence-corrected chi connectivity index (χ0v) is 26.7. The van der Waals surface area contributed by atoms with Crippen LogP contribution in [0.3, 0.4) is 0 Å². The highest BCUT2D eigenvalue weighted by Crippen LogP contribution is 2.42. The molecule has 0 aliphatic heterocycles. The largest absolute Gasteiger partial charge is 0.455 e. The molecule has 8 aromatic carbocycles. The molecule has 0 N–H and O–H groups in total. The lowest BCUT2D eigenvalue weighted by molar-refractivity contribution is 0.665. The predicted molar refractivity (Wildman–Crippen MR) is 205 cm³/mol. The summed E-state index contributed by atoms with van der Waals surface area (Å²) in [7, 11) is 0. The van der Waals surface area contributed by atoms with Gasteiger partial charge in [0, 0.05) is 49.0 Å². The Kier molecular flexibility index (Phi) is 5.63. The third-order valence-electron chi connectivity index (χ3n) is 10.1. The van der Waals surface area contributed by atoms with Crippen molar-refractivity contribution in [1.82, 2.24) is 9.97 Å². The van der Waals surface area contributed by atoms with E-state index < -0.39 is 0 Å². The lowest BCUT2D eigenvalue weighted by atomic mass is 9.98. The molecule has 0 fully saturated rings. The van der Waals surface area contributed by atoms with E-state index in [9.17, 15) is 0 Å². The average Bonchev–Trinajstić information content (AvgIpc) is 3.74. The summed E-state index contributed by atoms with van der Waals surface area (Å²) >= 11 is 0. The molecule has 0 saturated carbocycles. The third-order valence-corrected chi connectivity index (χ3v) is 10.1. The van der Waals surface area contributed by atoms with Crippen LogP contribution in [0, 0.1) is 0 Å². The molecule has 3 heterocycles. The number of aromatic nitrogens is 2. The first-order valence-electron chi connectivity index (χ1n) is 16.8. The van der Waals surface area contributed by atoms with Gasteiger partial charge in [-0.2, -0.15) is 0 Å². The molecule has 232 valence electrons. The minimum absolute atomic E-state index is 0.832. The highest BCUT2D eigenvalue weighted by atomic mass is 16.3. The van der Waals surface area contributed by atoms with E-state index in [2.05, 4.69) is 146 Å². The van der Waals surface area contributed by atoms with Crippen LogP contribution in [-0.4, -0.2) is 9.97 Å². The fourth-order valence-electron chi connectivity index (χ4n) is 7.77. The van der Waals surface area contributed by atoms with Crippen LogP contribution in [-0.2, 0) is 0 Å². The van der Waals surface area contributed by atoms with E-state index in [0.29, 0.717) is 0 Å². The molecule has 0 atom stereocenters. The molecule has 0 spiro atoms. The van der Waals surface area contributed by atoms with Gasteiger partial charge in [-0.1, -0.05) is 133 Å². The van der Waals surface area contributed by atoms with Gasteiger partial charge in [-0.15, -0.1) is 0 Å². The van der Waals surface area contributed by atoms with Crippen LogP contribution < -0.4 is 0 Å². The lowest BCUT2D eigenvalue weighted by Crippen LogP contribution is -1.92. The molecule has 0 aliphatic rings. The molecule has 4 nitrogen and oxygen atoms in total. The fraction of sp³-hybridized carbons (Fsp3) is 0. The van der Waals surface area contributed by atoms with Crippen molar-refractivity contribution in [2.24, 2.45) is 0 Å². The predicted octanol–water partition coefficient (Wildman–Crippen LogP) is 12.7. The molecule has 11 aromatic rings. The monoisotopic (exact) mass is 638 g/mol. The summed E-state index contributed by atoms with van der Waals surface area (Å²) in [5, 5.41) is 8.80. The number of nitrogens with zero attached hydrogens (tertiary/aromatic N) is 2. The van der Waals surface area contributed by atoms with Crippen LogP contribution in [0.4, 0.5) is 0 Å². The van der Waals surface area contributed by atoms with Gasteiger partial charge >= 0.3 is 0 Å². The van der Waals surface area contributed by atoms with E-state index >= 15 is 0 Å². The van der Waals surface area contributed by atoms with E-state index in [0.717, 1.165) is 99.2 Å². The quantitative estimate of drug-likeness (QED) is 0.181.